The zero-order chi connectivity index (χ0) is 22.7. The molecule has 2 aromatic carbocycles. The zero-order valence-corrected chi connectivity index (χ0v) is 19.6. The van der Waals surface area contributed by atoms with Gasteiger partial charge in [-0.1, -0.05) is 41.6 Å². The normalized spacial score (nSPS) is 14.7. The molecule has 1 aromatic heterocycles. The fourth-order valence-electron chi connectivity index (χ4n) is 3.70. The van der Waals surface area contributed by atoms with Crippen molar-refractivity contribution >= 4 is 52.0 Å². The minimum Gasteiger partial charge on any atom is -0.431 e. The van der Waals surface area contributed by atoms with Gasteiger partial charge in [-0.05, 0) is 43.2 Å². The first kappa shape index (κ1) is 22.6. The average Bonchev–Trinajstić information content (AvgIpc) is 3.17. The Bertz CT molecular complexity index is 1120. The number of thioether (sulfide) groups is 1. The summed E-state index contributed by atoms with van der Waals surface area (Å²) < 4.78 is 5.66. The van der Waals surface area contributed by atoms with Gasteiger partial charge in [-0.25, -0.2) is 4.98 Å². The molecule has 1 fully saturated rings. The summed E-state index contributed by atoms with van der Waals surface area (Å²) in [5.74, 6) is 0.261. The van der Waals surface area contributed by atoms with Gasteiger partial charge in [-0.15, -0.1) is 0 Å². The summed E-state index contributed by atoms with van der Waals surface area (Å²) in [6.45, 7) is 6.81. The first-order valence-corrected chi connectivity index (χ1v) is 11.8. The van der Waals surface area contributed by atoms with Crippen molar-refractivity contribution in [2.24, 2.45) is 0 Å². The van der Waals surface area contributed by atoms with Gasteiger partial charge in [0.2, 0.25) is 11.8 Å². The van der Waals surface area contributed by atoms with Crippen LogP contribution in [0.2, 0.25) is 5.02 Å². The smallest absolute Gasteiger partial charge is 0.257 e. The fourth-order valence-corrected chi connectivity index (χ4v) is 4.61. The van der Waals surface area contributed by atoms with Crippen LogP contribution < -0.4 is 5.32 Å². The second-order valence-electron chi connectivity index (χ2n) is 7.85. The van der Waals surface area contributed by atoms with E-state index in [2.05, 4.69) is 15.2 Å². The van der Waals surface area contributed by atoms with Crippen LogP contribution in [0.15, 0.2) is 46.0 Å². The molecule has 0 bridgehead atoms. The molecule has 0 spiro atoms. The van der Waals surface area contributed by atoms with Crippen molar-refractivity contribution in [3.8, 4) is 0 Å². The Hall–Kier alpha value is -2.55. The van der Waals surface area contributed by atoms with Gasteiger partial charge >= 0.3 is 0 Å². The number of oxazole rings is 1. The monoisotopic (exact) mass is 472 g/mol. The van der Waals surface area contributed by atoms with E-state index in [1.165, 1.54) is 11.8 Å². The number of nitrogens with zero attached hydrogens (tertiary/aromatic N) is 3. The molecule has 9 heteroatoms. The number of amides is 2. The summed E-state index contributed by atoms with van der Waals surface area (Å²) in [6, 6.07) is 11.2. The van der Waals surface area contributed by atoms with Crippen LogP contribution in [0.25, 0.3) is 11.1 Å². The van der Waals surface area contributed by atoms with Crippen LogP contribution in [0.4, 0.5) is 5.69 Å². The molecule has 1 saturated heterocycles. The van der Waals surface area contributed by atoms with Crippen LogP contribution in [0, 0.1) is 13.8 Å². The summed E-state index contributed by atoms with van der Waals surface area (Å²) in [4.78, 5) is 33.4. The molecular weight excluding hydrogens is 448 g/mol. The number of aromatic nitrogens is 1. The van der Waals surface area contributed by atoms with Crippen molar-refractivity contribution in [2.45, 2.75) is 19.1 Å². The van der Waals surface area contributed by atoms with E-state index in [0.29, 0.717) is 54.1 Å². The summed E-state index contributed by atoms with van der Waals surface area (Å²) >= 11 is 7.26. The van der Waals surface area contributed by atoms with Crippen molar-refractivity contribution in [3.63, 3.8) is 0 Å². The van der Waals surface area contributed by atoms with Crippen LogP contribution in [0.5, 0.6) is 0 Å². The molecule has 168 valence electrons. The molecule has 3 aromatic rings. The lowest BCUT2D eigenvalue weighted by atomic mass is 10.1. The highest BCUT2D eigenvalue weighted by atomic mass is 35.5. The maximum absolute atomic E-state index is 12.6. The van der Waals surface area contributed by atoms with Crippen LogP contribution in [0.1, 0.15) is 11.1 Å². The van der Waals surface area contributed by atoms with Gasteiger partial charge < -0.3 is 14.6 Å². The van der Waals surface area contributed by atoms with Gasteiger partial charge in [0.15, 0.2) is 5.58 Å². The van der Waals surface area contributed by atoms with E-state index in [9.17, 15) is 9.59 Å². The van der Waals surface area contributed by atoms with Gasteiger partial charge in [-0.3, -0.25) is 14.5 Å². The van der Waals surface area contributed by atoms with Crippen molar-refractivity contribution in [3.05, 3.63) is 52.5 Å². The first-order valence-electron chi connectivity index (χ1n) is 10.4. The number of hydrogen-bond donors (Lipinski definition) is 1. The van der Waals surface area contributed by atoms with E-state index in [1.54, 1.807) is 18.2 Å². The van der Waals surface area contributed by atoms with E-state index in [-0.39, 0.29) is 17.6 Å². The van der Waals surface area contributed by atoms with Gasteiger partial charge in [-0.2, -0.15) is 0 Å². The van der Waals surface area contributed by atoms with Gasteiger partial charge in [0.1, 0.15) is 5.52 Å². The second-order valence-corrected chi connectivity index (χ2v) is 9.22. The Labute approximate surface area is 196 Å². The van der Waals surface area contributed by atoms with E-state index in [1.807, 2.05) is 36.9 Å². The predicted octanol–water partition coefficient (Wildman–Crippen LogP) is 3.97. The standard InChI is InChI=1S/C23H25ClN4O3S/c1-15-4-3-5-16(2)22(15)26-20(29)13-27-8-10-28(11-9-27)21(30)14-32-23-25-18-12-17(24)6-7-19(18)31-23/h3-7,12H,8-11,13-14H2,1-2H3,(H,26,29). The van der Waals surface area contributed by atoms with Crippen molar-refractivity contribution in [1.29, 1.82) is 0 Å². The number of piperazine rings is 1. The van der Waals surface area contributed by atoms with Gasteiger partial charge in [0.05, 0.1) is 12.3 Å². The number of hydrogen-bond acceptors (Lipinski definition) is 6. The predicted molar refractivity (Wildman–Crippen MR) is 127 cm³/mol. The summed E-state index contributed by atoms with van der Waals surface area (Å²) in [5.41, 5.74) is 4.31. The number of nitrogens with one attached hydrogen (secondary N) is 1. The molecule has 0 radical (unpaired) electrons. The highest BCUT2D eigenvalue weighted by Crippen LogP contribution is 2.26. The summed E-state index contributed by atoms with van der Waals surface area (Å²) in [7, 11) is 0. The van der Waals surface area contributed by atoms with Crippen LogP contribution in [-0.4, -0.2) is 65.1 Å². The molecule has 1 N–H and O–H groups in total. The Morgan fingerprint density at radius 1 is 1.12 bits per heavy atom. The number of anilines is 1. The Morgan fingerprint density at radius 2 is 1.84 bits per heavy atom. The van der Waals surface area contributed by atoms with Crippen molar-refractivity contribution < 1.29 is 14.0 Å². The van der Waals surface area contributed by atoms with Gasteiger partial charge in [0, 0.05) is 36.9 Å². The molecule has 4 rings (SSSR count). The van der Waals surface area contributed by atoms with Gasteiger partial charge in [0.25, 0.3) is 5.22 Å². The highest BCUT2D eigenvalue weighted by molar-refractivity contribution is 7.99. The Balaban J connectivity index is 1.23. The Morgan fingerprint density at radius 3 is 2.56 bits per heavy atom. The van der Waals surface area contributed by atoms with E-state index in [0.717, 1.165) is 16.8 Å². The number of carbonyl (C=O) groups is 2. The van der Waals surface area contributed by atoms with E-state index in [4.69, 9.17) is 16.0 Å². The zero-order valence-electron chi connectivity index (χ0n) is 18.1. The minimum absolute atomic E-state index is 0.0335. The molecule has 1 aliphatic rings. The molecule has 0 unspecified atom stereocenters. The number of benzene rings is 2. The van der Waals surface area contributed by atoms with Crippen LogP contribution in [0.3, 0.4) is 0 Å². The lowest BCUT2D eigenvalue weighted by Crippen LogP contribution is -2.50. The second kappa shape index (κ2) is 9.94. The van der Waals surface area contributed by atoms with Crippen molar-refractivity contribution in [2.75, 3.05) is 43.8 Å². The Kier molecular flexibility index (Phi) is 7.03. The highest BCUT2D eigenvalue weighted by Gasteiger charge is 2.23. The largest absolute Gasteiger partial charge is 0.431 e. The molecule has 0 aliphatic carbocycles. The van der Waals surface area contributed by atoms with Crippen molar-refractivity contribution in [1.82, 2.24) is 14.8 Å². The third kappa shape index (κ3) is 5.43. The van der Waals surface area contributed by atoms with Crippen LogP contribution in [-0.2, 0) is 9.59 Å². The number of para-hydroxylation sites is 1. The number of halogens is 1. The molecule has 1 aliphatic heterocycles. The maximum atomic E-state index is 12.6. The summed E-state index contributed by atoms with van der Waals surface area (Å²) in [5, 5.41) is 4.07. The number of rotatable bonds is 6. The fraction of sp³-hybridized carbons (Fsp3) is 0.348. The van der Waals surface area contributed by atoms with E-state index < -0.39 is 0 Å². The third-order valence-corrected chi connectivity index (χ3v) is 6.53. The molecule has 32 heavy (non-hydrogen) atoms. The first-order chi connectivity index (χ1) is 15.4. The maximum Gasteiger partial charge on any atom is 0.257 e. The number of fused-ring (bicyclic) bond motifs is 1. The molecule has 2 amide bonds. The number of aryl methyl sites for hydroxylation is 2. The molecule has 7 nitrogen and oxygen atoms in total. The number of carbonyl (C=O) groups excluding carboxylic acids is 2. The molecule has 0 atom stereocenters. The van der Waals surface area contributed by atoms with Crippen LogP contribution >= 0.6 is 23.4 Å². The minimum atomic E-state index is -0.0335. The van der Waals surface area contributed by atoms with E-state index >= 15 is 0 Å². The average molecular weight is 473 g/mol. The lowest BCUT2D eigenvalue weighted by molar-refractivity contribution is -0.130. The third-order valence-electron chi connectivity index (χ3n) is 5.49. The SMILES string of the molecule is Cc1cccc(C)c1NC(=O)CN1CCN(C(=O)CSc2nc3cc(Cl)ccc3o2)CC1. The summed E-state index contributed by atoms with van der Waals surface area (Å²) in [6.07, 6.45) is 0. The topological polar surface area (TPSA) is 78.7 Å². The molecule has 0 saturated carbocycles. The molecule has 2 heterocycles. The molecular formula is C23H25ClN4O3S. The quantitative estimate of drug-likeness (QED) is 0.547. The lowest BCUT2D eigenvalue weighted by Gasteiger charge is -2.34.